The molecule has 0 radical (unpaired) electrons. The second kappa shape index (κ2) is 4.55. The maximum atomic E-state index is 12.2. The van der Waals surface area contributed by atoms with Crippen LogP contribution in [0.3, 0.4) is 0 Å². The van der Waals surface area contributed by atoms with E-state index in [1.807, 2.05) is 0 Å². The average molecular weight is 280 g/mol. The largest absolute Gasteiger partial charge is 0.433 e. The van der Waals surface area contributed by atoms with Gasteiger partial charge in [0.1, 0.15) is 12.4 Å². The molecule has 0 aliphatic rings. The second-order valence-electron chi connectivity index (χ2n) is 2.87. The van der Waals surface area contributed by atoms with Crippen LogP contribution < -0.4 is 5.32 Å². The Morgan fingerprint density at radius 3 is 2.18 bits per heavy atom. The molecule has 0 atom stereocenters. The van der Waals surface area contributed by atoms with Crippen LogP contribution in [-0.4, -0.2) is 22.7 Å². The van der Waals surface area contributed by atoms with Gasteiger partial charge >= 0.3 is 12.4 Å². The van der Waals surface area contributed by atoms with Crippen LogP contribution in [0.1, 0.15) is 5.69 Å². The Hall–Kier alpha value is -1.25. The van der Waals surface area contributed by atoms with Gasteiger partial charge in [0.05, 0.1) is 0 Å². The molecule has 1 heterocycles. The van der Waals surface area contributed by atoms with E-state index in [-0.39, 0.29) is 0 Å². The zero-order valence-electron chi connectivity index (χ0n) is 7.82. The van der Waals surface area contributed by atoms with Gasteiger partial charge in [0.25, 0.3) is 0 Å². The number of hydrogen-bond donors (Lipinski definition) is 1. The van der Waals surface area contributed by atoms with Crippen LogP contribution in [0.4, 0.5) is 32.2 Å². The molecule has 0 amide bonds. The summed E-state index contributed by atoms with van der Waals surface area (Å²) in [6, 6.07) is 0.345. The number of rotatable bonds is 2. The van der Waals surface area contributed by atoms with Crippen LogP contribution in [0.25, 0.3) is 0 Å². The number of nitrogens with zero attached hydrogens (tertiary/aromatic N) is 2. The van der Waals surface area contributed by atoms with Crippen molar-refractivity contribution in [3.05, 3.63) is 17.0 Å². The first-order chi connectivity index (χ1) is 7.58. The molecule has 0 aliphatic heterocycles. The molecule has 1 aromatic heterocycles. The van der Waals surface area contributed by atoms with Crippen LogP contribution >= 0.6 is 11.6 Å². The molecule has 10 heteroatoms. The molecule has 17 heavy (non-hydrogen) atoms. The van der Waals surface area contributed by atoms with Gasteiger partial charge in [-0.15, -0.1) is 0 Å². The Morgan fingerprint density at radius 1 is 1.12 bits per heavy atom. The number of anilines is 1. The molecule has 0 spiro atoms. The van der Waals surface area contributed by atoms with Crippen molar-refractivity contribution in [2.45, 2.75) is 12.4 Å². The molecule has 1 rings (SSSR count). The molecule has 3 nitrogen and oxygen atoms in total. The molecule has 0 unspecified atom stereocenters. The van der Waals surface area contributed by atoms with Crippen LogP contribution in [0.2, 0.25) is 5.28 Å². The Bertz CT molecular complexity index is 402. The number of halogens is 7. The first-order valence-electron chi connectivity index (χ1n) is 4.00. The zero-order chi connectivity index (χ0) is 13.3. The Kier molecular flexibility index (Phi) is 3.70. The van der Waals surface area contributed by atoms with Gasteiger partial charge in [-0.2, -0.15) is 26.3 Å². The maximum Gasteiger partial charge on any atom is 0.433 e. The summed E-state index contributed by atoms with van der Waals surface area (Å²) in [5.74, 6) is -0.644. The second-order valence-corrected chi connectivity index (χ2v) is 3.21. The Balaban J connectivity index is 2.91. The van der Waals surface area contributed by atoms with Crippen LogP contribution in [0.15, 0.2) is 6.07 Å². The summed E-state index contributed by atoms with van der Waals surface area (Å²) >= 11 is 5.16. The highest BCUT2D eigenvalue weighted by molar-refractivity contribution is 6.28. The van der Waals surface area contributed by atoms with Crippen LogP contribution in [0, 0.1) is 0 Å². The summed E-state index contributed by atoms with van der Waals surface area (Å²) in [7, 11) is 0. The van der Waals surface area contributed by atoms with Gasteiger partial charge in [0.15, 0.2) is 5.69 Å². The van der Waals surface area contributed by atoms with Crippen molar-refractivity contribution < 1.29 is 26.3 Å². The lowest BCUT2D eigenvalue weighted by atomic mass is 10.4. The summed E-state index contributed by atoms with van der Waals surface area (Å²) in [5, 5.41) is 0.890. The lowest BCUT2D eigenvalue weighted by Gasteiger charge is -2.11. The third kappa shape index (κ3) is 4.63. The smallest absolute Gasteiger partial charge is 0.361 e. The van der Waals surface area contributed by atoms with Crippen molar-refractivity contribution in [2.75, 3.05) is 11.9 Å². The van der Waals surface area contributed by atoms with Crippen LogP contribution in [0.5, 0.6) is 0 Å². The van der Waals surface area contributed by atoms with Gasteiger partial charge in [-0.25, -0.2) is 9.97 Å². The van der Waals surface area contributed by atoms with Gasteiger partial charge in [-0.1, -0.05) is 0 Å². The Labute approximate surface area is 95.8 Å². The van der Waals surface area contributed by atoms with Crippen molar-refractivity contribution >= 4 is 17.4 Å². The van der Waals surface area contributed by atoms with E-state index in [2.05, 4.69) is 9.97 Å². The fraction of sp³-hybridized carbons (Fsp3) is 0.429. The molecule has 0 aromatic carbocycles. The highest BCUT2D eigenvalue weighted by Crippen LogP contribution is 2.29. The summed E-state index contributed by atoms with van der Waals surface area (Å²) in [6.45, 7) is -1.52. The predicted molar refractivity (Wildman–Crippen MR) is 46.6 cm³/mol. The van der Waals surface area contributed by atoms with E-state index in [0.717, 1.165) is 0 Å². The first kappa shape index (κ1) is 13.8. The third-order valence-electron chi connectivity index (χ3n) is 1.46. The highest BCUT2D eigenvalue weighted by Gasteiger charge is 2.34. The topological polar surface area (TPSA) is 37.8 Å². The molecular weight excluding hydrogens is 276 g/mol. The molecule has 0 saturated carbocycles. The predicted octanol–water partition coefficient (Wildman–Crippen LogP) is 3.12. The standard InChI is InChI=1S/C7H4ClF6N3/c8-5-16-3(7(12,13)14)1-4(17-5)15-2-6(9,10)11/h1H,2H2,(H,15,16,17). The summed E-state index contributed by atoms with van der Waals surface area (Å²) in [4.78, 5) is 6.05. The van der Waals surface area contributed by atoms with E-state index in [1.165, 1.54) is 0 Å². The molecular formula is C7H4ClF6N3. The minimum atomic E-state index is -4.80. The summed E-state index contributed by atoms with van der Waals surface area (Å²) in [5.41, 5.74) is -1.41. The van der Waals surface area contributed by atoms with Crippen molar-refractivity contribution in [2.24, 2.45) is 0 Å². The van der Waals surface area contributed by atoms with E-state index in [1.54, 1.807) is 5.32 Å². The Morgan fingerprint density at radius 2 is 1.71 bits per heavy atom. The zero-order valence-corrected chi connectivity index (χ0v) is 8.58. The lowest BCUT2D eigenvalue weighted by molar-refractivity contribution is -0.141. The third-order valence-corrected chi connectivity index (χ3v) is 1.63. The lowest BCUT2D eigenvalue weighted by Crippen LogP contribution is -2.22. The quantitative estimate of drug-likeness (QED) is 0.668. The number of nitrogens with one attached hydrogen (secondary N) is 1. The van der Waals surface area contributed by atoms with E-state index in [4.69, 9.17) is 11.6 Å². The molecule has 1 aromatic rings. The maximum absolute atomic E-state index is 12.2. The summed E-state index contributed by atoms with van der Waals surface area (Å²) < 4.78 is 72.1. The summed E-state index contributed by atoms with van der Waals surface area (Å²) in [6.07, 6.45) is -9.38. The average Bonchev–Trinajstić information content (AvgIpc) is 2.11. The minimum absolute atomic E-state index is 0.345. The normalized spacial score (nSPS) is 12.6. The molecule has 96 valence electrons. The number of aromatic nitrogens is 2. The van der Waals surface area contributed by atoms with E-state index in [9.17, 15) is 26.3 Å². The molecule has 0 bridgehead atoms. The highest BCUT2D eigenvalue weighted by atomic mass is 35.5. The van der Waals surface area contributed by atoms with Crippen LogP contribution in [-0.2, 0) is 6.18 Å². The van der Waals surface area contributed by atoms with Crippen molar-refractivity contribution in [1.29, 1.82) is 0 Å². The fourth-order valence-corrected chi connectivity index (χ4v) is 1.03. The number of alkyl halides is 6. The van der Waals surface area contributed by atoms with Gasteiger partial charge in [0.2, 0.25) is 5.28 Å². The first-order valence-corrected chi connectivity index (χ1v) is 4.38. The molecule has 0 aliphatic carbocycles. The van der Waals surface area contributed by atoms with Gasteiger partial charge in [-0.3, -0.25) is 0 Å². The SMILES string of the molecule is FC(F)(F)CNc1cc(C(F)(F)F)nc(Cl)n1. The molecule has 0 fully saturated rings. The molecule has 1 N–H and O–H groups in total. The van der Waals surface area contributed by atoms with Gasteiger partial charge in [0, 0.05) is 6.07 Å². The van der Waals surface area contributed by atoms with E-state index >= 15 is 0 Å². The molecule has 0 saturated heterocycles. The van der Waals surface area contributed by atoms with Crippen molar-refractivity contribution in [3.8, 4) is 0 Å². The van der Waals surface area contributed by atoms with E-state index in [0.29, 0.717) is 6.07 Å². The van der Waals surface area contributed by atoms with Crippen molar-refractivity contribution in [3.63, 3.8) is 0 Å². The van der Waals surface area contributed by atoms with Gasteiger partial charge in [-0.05, 0) is 11.6 Å². The van der Waals surface area contributed by atoms with Gasteiger partial charge < -0.3 is 5.32 Å². The monoisotopic (exact) mass is 279 g/mol. The van der Waals surface area contributed by atoms with E-state index < -0.39 is 35.7 Å². The minimum Gasteiger partial charge on any atom is -0.361 e. The number of hydrogen-bond acceptors (Lipinski definition) is 3. The fourth-order valence-electron chi connectivity index (χ4n) is 0.844. The van der Waals surface area contributed by atoms with Crippen molar-refractivity contribution in [1.82, 2.24) is 9.97 Å².